The summed E-state index contributed by atoms with van der Waals surface area (Å²) in [7, 11) is 0. The van der Waals surface area contributed by atoms with Crippen LogP contribution in [0.25, 0.3) is 10.1 Å². The highest BCUT2D eigenvalue weighted by molar-refractivity contribution is 7.13. The standard InChI is InChI=1S/C15H14N2OS/c1-15(2,13-9-5-6-10-16-13)17-14(18)11-7-3-4-8-12(11)19-17/h3-10H,1-2H3. The minimum Gasteiger partial charge on any atom is -0.268 e. The van der Waals surface area contributed by atoms with E-state index in [4.69, 9.17) is 0 Å². The largest absolute Gasteiger partial charge is 0.269 e. The van der Waals surface area contributed by atoms with Crippen LogP contribution in [0.1, 0.15) is 19.5 Å². The Balaban J connectivity index is 2.24. The van der Waals surface area contributed by atoms with E-state index < -0.39 is 5.54 Å². The number of nitrogens with zero attached hydrogens (tertiary/aromatic N) is 2. The molecule has 0 saturated carbocycles. The second-order valence-corrected chi connectivity index (χ2v) is 5.95. The van der Waals surface area contributed by atoms with E-state index in [1.54, 1.807) is 10.2 Å². The van der Waals surface area contributed by atoms with Gasteiger partial charge in [0.15, 0.2) is 0 Å². The van der Waals surface area contributed by atoms with Crippen LogP contribution in [0.15, 0.2) is 53.5 Å². The molecule has 0 aliphatic rings. The molecule has 96 valence electrons. The molecule has 3 aromatic rings. The number of rotatable bonds is 2. The van der Waals surface area contributed by atoms with Crippen LogP contribution in [-0.4, -0.2) is 8.94 Å². The van der Waals surface area contributed by atoms with E-state index in [1.165, 1.54) is 11.5 Å². The average Bonchev–Trinajstić information content (AvgIpc) is 2.78. The fraction of sp³-hybridized carbons (Fsp3) is 0.200. The first-order chi connectivity index (χ1) is 9.10. The molecule has 3 rings (SSSR count). The molecule has 0 fully saturated rings. The van der Waals surface area contributed by atoms with E-state index in [9.17, 15) is 4.79 Å². The van der Waals surface area contributed by atoms with Crippen molar-refractivity contribution in [3.63, 3.8) is 0 Å². The van der Waals surface area contributed by atoms with Crippen LogP contribution in [-0.2, 0) is 5.54 Å². The highest BCUT2D eigenvalue weighted by atomic mass is 32.1. The minimum absolute atomic E-state index is 0.0521. The van der Waals surface area contributed by atoms with Gasteiger partial charge in [-0.25, -0.2) is 0 Å². The van der Waals surface area contributed by atoms with Crippen molar-refractivity contribution in [1.29, 1.82) is 0 Å². The van der Waals surface area contributed by atoms with Gasteiger partial charge in [0.2, 0.25) is 0 Å². The number of pyridine rings is 1. The van der Waals surface area contributed by atoms with Crippen LogP contribution >= 0.6 is 11.5 Å². The topological polar surface area (TPSA) is 34.9 Å². The fourth-order valence-electron chi connectivity index (χ4n) is 2.17. The maximum absolute atomic E-state index is 12.5. The Hall–Kier alpha value is -1.94. The molecule has 2 heterocycles. The number of hydrogen-bond acceptors (Lipinski definition) is 3. The molecule has 0 amide bonds. The summed E-state index contributed by atoms with van der Waals surface area (Å²) in [6, 6.07) is 13.5. The van der Waals surface area contributed by atoms with E-state index in [1.807, 2.05) is 56.3 Å². The monoisotopic (exact) mass is 270 g/mol. The fourth-order valence-corrected chi connectivity index (χ4v) is 3.26. The Bertz CT molecular complexity index is 771. The third-order valence-corrected chi connectivity index (χ3v) is 4.65. The Labute approximate surface area is 115 Å². The highest BCUT2D eigenvalue weighted by Crippen LogP contribution is 2.27. The van der Waals surface area contributed by atoms with Crippen LogP contribution in [0.3, 0.4) is 0 Å². The van der Waals surface area contributed by atoms with Crippen molar-refractivity contribution in [1.82, 2.24) is 8.94 Å². The summed E-state index contributed by atoms with van der Waals surface area (Å²) in [6.07, 6.45) is 1.76. The molecule has 0 bridgehead atoms. The molecule has 0 saturated heterocycles. The molecular formula is C15H14N2OS. The van der Waals surface area contributed by atoms with Crippen LogP contribution in [0.2, 0.25) is 0 Å². The second-order valence-electron chi connectivity index (χ2n) is 4.96. The zero-order valence-electron chi connectivity index (χ0n) is 10.8. The Morgan fingerprint density at radius 1 is 1.11 bits per heavy atom. The minimum atomic E-state index is -0.442. The van der Waals surface area contributed by atoms with Crippen LogP contribution in [0.4, 0.5) is 0 Å². The molecule has 0 aliphatic heterocycles. The van der Waals surface area contributed by atoms with Crippen LogP contribution in [0, 0.1) is 0 Å². The molecule has 1 aromatic carbocycles. The van der Waals surface area contributed by atoms with Gasteiger partial charge in [0.05, 0.1) is 21.3 Å². The van der Waals surface area contributed by atoms with E-state index in [2.05, 4.69) is 4.98 Å². The van der Waals surface area contributed by atoms with Gasteiger partial charge in [0.25, 0.3) is 5.56 Å². The van der Waals surface area contributed by atoms with E-state index in [0.29, 0.717) is 0 Å². The molecule has 0 aliphatic carbocycles. The van der Waals surface area contributed by atoms with Gasteiger partial charge in [-0.15, -0.1) is 0 Å². The van der Waals surface area contributed by atoms with Gasteiger partial charge < -0.3 is 0 Å². The first-order valence-electron chi connectivity index (χ1n) is 6.14. The van der Waals surface area contributed by atoms with E-state index in [0.717, 1.165) is 15.8 Å². The van der Waals surface area contributed by atoms with Crippen LogP contribution in [0.5, 0.6) is 0 Å². The molecule has 19 heavy (non-hydrogen) atoms. The summed E-state index contributed by atoms with van der Waals surface area (Å²) >= 11 is 1.49. The first kappa shape index (κ1) is 12.1. The summed E-state index contributed by atoms with van der Waals surface area (Å²) < 4.78 is 2.82. The van der Waals surface area contributed by atoms with Gasteiger partial charge in [0, 0.05) is 6.20 Å². The van der Waals surface area contributed by atoms with Crippen LogP contribution < -0.4 is 5.56 Å². The van der Waals surface area contributed by atoms with Gasteiger partial charge >= 0.3 is 0 Å². The number of aromatic nitrogens is 2. The maximum atomic E-state index is 12.5. The lowest BCUT2D eigenvalue weighted by atomic mass is 10.0. The zero-order chi connectivity index (χ0) is 13.5. The van der Waals surface area contributed by atoms with Crippen molar-refractivity contribution in [2.75, 3.05) is 0 Å². The van der Waals surface area contributed by atoms with Crippen molar-refractivity contribution in [2.24, 2.45) is 0 Å². The Morgan fingerprint density at radius 3 is 2.53 bits per heavy atom. The third kappa shape index (κ3) is 1.88. The van der Waals surface area contributed by atoms with Gasteiger partial charge in [-0.3, -0.25) is 13.7 Å². The summed E-state index contributed by atoms with van der Waals surface area (Å²) in [5, 5.41) is 0.775. The van der Waals surface area contributed by atoms with Gasteiger partial charge in [-0.2, -0.15) is 0 Å². The molecule has 0 unspecified atom stereocenters. The number of hydrogen-bond donors (Lipinski definition) is 0. The predicted octanol–water partition coefficient (Wildman–Crippen LogP) is 3.24. The van der Waals surface area contributed by atoms with Gasteiger partial charge in [0.1, 0.15) is 0 Å². The molecule has 3 nitrogen and oxygen atoms in total. The quantitative estimate of drug-likeness (QED) is 0.716. The van der Waals surface area contributed by atoms with Crippen molar-refractivity contribution < 1.29 is 0 Å². The summed E-state index contributed by atoms with van der Waals surface area (Å²) in [5.74, 6) is 0. The smallest absolute Gasteiger partial charge is 0.268 e. The molecule has 0 radical (unpaired) electrons. The lowest BCUT2D eigenvalue weighted by molar-refractivity contribution is 0.447. The summed E-state index contributed by atoms with van der Waals surface area (Å²) in [5.41, 5.74) is 0.502. The van der Waals surface area contributed by atoms with E-state index >= 15 is 0 Å². The molecule has 0 spiro atoms. The molecular weight excluding hydrogens is 256 g/mol. The summed E-state index contributed by atoms with van der Waals surface area (Å²) in [6.45, 7) is 4.04. The maximum Gasteiger partial charge on any atom is 0.269 e. The molecule has 2 aromatic heterocycles. The molecule has 0 N–H and O–H groups in total. The van der Waals surface area contributed by atoms with Crippen molar-refractivity contribution >= 4 is 21.6 Å². The third-order valence-electron chi connectivity index (χ3n) is 3.29. The second kappa shape index (κ2) is 4.31. The average molecular weight is 270 g/mol. The van der Waals surface area contributed by atoms with Gasteiger partial charge in [-0.1, -0.05) is 29.7 Å². The normalized spacial score (nSPS) is 11.9. The van der Waals surface area contributed by atoms with Crippen molar-refractivity contribution in [3.05, 3.63) is 64.7 Å². The lowest BCUT2D eigenvalue weighted by Gasteiger charge is -2.24. The molecule has 4 heteroatoms. The first-order valence-corrected chi connectivity index (χ1v) is 6.91. The lowest BCUT2D eigenvalue weighted by Crippen LogP contribution is -2.34. The van der Waals surface area contributed by atoms with E-state index in [-0.39, 0.29) is 5.56 Å². The van der Waals surface area contributed by atoms with Crippen molar-refractivity contribution in [3.8, 4) is 0 Å². The SMILES string of the molecule is CC(C)(c1ccccn1)n1sc2ccccc2c1=O. The highest BCUT2D eigenvalue weighted by Gasteiger charge is 2.27. The Morgan fingerprint density at radius 2 is 1.84 bits per heavy atom. The number of fused-ring (bicyclic) bond motifs is 1. The van der Waals surface area contributed by atoms with Gasteiger partial charge in [-0.05, 0) is 38.1 Å². The zero-order valence-corrected chi connectivity index (χ0v) is 11.6. The Kier molecular flexibility index (Phi) is 2.75. The molecule has 0 atom stereocenters. The predicted molar refractivity (Wildman–Crippen MR) is 78.7 cm³/mol. The number of benzene rings is 1. The van der Waals surface area contributed by atoms with Crippen molar-refractivity contribution in [2.45, 2.75) is 19.4 Å². The summed E-state index contributed by atoms with van der Waals surface area (Å²) in [4.78, 5) is 16.9.